The quantitative estimate of drug-likeness (QED) is 0.900. The lowest BCUT2D eigenvalue weighted by atomic mass is 9.95. The summed E-state index contributed by atoms with van der Waals surface area (Å²) in [6, 6.07) is 15.4. The highest BCUT2D eigenvalue weighted by Crippen LogP contribution is 2.32. The van der Waals surface area contributed by atoms with Crippen molar-refractivity contribution < 1.29 is 14.3 Å². The first kappa shape index (κ1) is 17.6. The summed E-state index contributed by atoms with van der Waals surface area (Å²) in [6.45, 7) is 0.516. The van der Waals surface area contributed by atoms with E-state index in [0.717, 1.165) is 29.8 Å². The lowest BCUT2D eigenvalue weighted by molar-refractivity contribution is -0.121. The molecule has 5 heteroatoms. The SMILES string of the molecule is O=C(NC1CCCCC1)c1ccc(CN2C(=O)COc3ccccc32)cc1. The molecule has 0 spiro atoms. The van der Waals surface area contributed by atoms with Crippen LogP contribution in [0.4, 0.5) is 5.69 Å². The van der Waals surface area contributed by atoms with Gasteiger partial charge < -0.3 is 15.0 Å². The van der Waals surface area contributed by atoms with Gasteiger partial charge in [-0.05, 0) is 42.7 Å². The molecule has 0 atom stereocenters. The summed E-state index contributed by atoms with van der Waals surface area (Å²) in [7, 11) is 0. The van der Waals surface area contributed by atoms with Gasteiger partial charge in [-0.3, -0.25) is 9.59 Å². The van der Waals surface area contributed by atoms with Gasteiger partial charge in [-0.1, -0.05) is 43.5 Å². The number of fused-ring (bicyclic) bond motifs is 1. The van der Waals surface area contributed by atoms with Gasteiger partial charge in [0.2, 0.25) is 0 Å². The van der Waals surface area contributed by atoms with E-state index in [2.05, 4.69) is 5.32 Å². The molecule has 2 aliphatic rings. The number of nitrogens with one attached hydrogen (secondary N) is 1. The first-order chi connectivity index (χ1) is 13.2. The van der Waals surface area contributed by atoms with Crippen molar-refractivity contribution in [1.29, 1.82) is 0 Å². The van der Waals surface area contributed by atoms with Crippen LogP contribution in [0.15, 0.2) is 48.5 Å². The molecule has 0 bridgehead atoms. The van der Waals surface area contributed by atoms with E-state index in [9.17, 15) is 9.59 Å². The molecule has 1 aliphatic carbocycles. The molecule has 0 saturated heterocycles. The average molecular weight is 364 g/mol. The molecular formula is C22H24N2O3. The van der Waals surface area contributed by atoms with Gasteiger partial charge in [0, 0.05) is 11.6 Å². The van der Waals surface area contributed by atoms with E-state index in [4.69, 9.17) is 4.74 Å². The molecule has 2 amide bonds. The van der Waals surface area contributed by atoms with Gasteiger partial charge in [0.25, 0.3) is 11.8 Å². The summed E-state index contributed by atoms with van der Waals surface area (Å²) >= 11 is 0. The Labute approximate surface area is 159 Å². The Morgan fingerprint density at radius 2 is 1.78 bits per heavy atom. The molecule has 1 aliphatic heterocycles. The maximum absolute atomic E-state index is 12.4. The number of ether oxygens (including phenoxy) is 1. The Morgan fingerprint density at radius 1 is 1.04 bits per heavy atom. The van der Waals surface area contributed by atoms with Crippen LogP contribution >= 0.6 is 0 Å². The summed E-state index contributed by atoms with van der Waals surface area (Å²) in [6.07, 6.45) is 5.80. The highest BCUT2D eigenvalue weighted by atomic mass is 16.5. The lowest BCUT2D eigenvalue weighted by Gasteiger charge is -2.29. The third-order valence-corrected chi connectivity index (χ3v) is 5.31. The standard InChI is InChI=1S/C22H24N2O3/c25-21-15-27-20-9-5-4-8-19(20)24(21)14-16-10-12-17(13-11-16)22(26)23-18-6-2-1-3-7-18/h4-5,8-13,18H,1-3,6-7,14-15H2,(H,23,26). The monoisotopic (exact) mass is 364 g/mol. The number of carbonyl (C=O) groups excluding carboxylic acids is 2. The zero-order valence-corrected chi connectivity index (χ0v) is 15.3. The maximum Gasteiger partial charge on any atom is 0.265 e. The number of benzene rings is 2. The van der Waals surface area contributed by atoms with Crippen LogP contribution in [0.3, 0.4) is 0 Å². The molecule has 0 unspecified atom stereocenters. The number of rotatable bonds is 4. The van der Waals surface area contributed by atoms with Crippen LogP contribution in [0.2, 0.25) is 0 Å². The second-order valence-electron chi connectivity index (χ2n) is 7.24. The molecule has 2 aromatic rings. The zero-order chi connectivity index (χ0) is 18.6. The number of hydrogen-bond donors (Lipinski definition) is 1. The van der Waals surface area contributed by atoms with Crippen molar-refractivity contribution in [3.05, 3.63) is 59.7 Å². The number of carbonyl (C=O) groups is 2. The molecule has 2 aromatic carbocycles. The van der Waals surface area contributed by atoms with Crippen molar-refractivity contribution in [2.75, 3.05) is 11.5 Å². The normalized spacial score (nSPS) is 17.2. The molecule has 1 fully saturated rings. The number of anilines is 1. The second kappa shape index (κ2) is 7.82. The van der Waals surface area contributed by atoms with Gasteiger partial charge >= 0.3 is 0 Å². The minimum Gasteiger partial charge on any atom is -0.482 e. The number of para-hydroxylation sites is 2. The Balaban J connectivity index is 1.43. The highest BCUT2D eigenvalue weighted by Gasteiger charge is 2.25. The summed E-state index contributed by atoms with van der Waals surface area (Å²) in [5.74, 6) is 0.648. The van der Waals surface area contributed by atoms with Crippen molar-refractivity contribution in [2.24, 2.45) is 0 Å². The van der Waals surface area contributed by atoms with Crippen LogP contribution in [0.5, 0.6) is 5.75 Å². The fourth-order valence-corrected chi connectivity index (χ4v) is 3.79. The van der Waals surface area contributed by atoms with E-state index < -0.39 is 0 Å². The first-order valence-electron chi connectivity index (χ1n) is 9.63. The average Bonchev–Trinajstić information content (AvgIpc) is 2.71. The third kappa shape index (κ3) is 3.97. The topological polar surface area (TPSA) is 58.6 Å². The van der Waals surface area contributed by atoms with E-state index in [1.54, 1.807) is 4.90 Å². The van der Waals surface area contributed by atoms with Gasteiger partial charge in [-0.25, -0.2) is 0 Å². The minimum atomic E-state index is -0.0622. The second-order valence-corrected chi connectivity index (χ2v) is 7.24. The first-order valence-corrected chi connectivity index (χ1v) is 9.63. The number of nitrogens with zero attached hydrogens (tertiary/aromatic N) is 1. The Morgan fingerprint density at radius 3 is 2.56 bits per heavy atom. The van der Waals surface area contributed by atoms with Crippen LogP contribution in [0.25, 0.3) is 0 Å². The smallest absolute Gasteiger partial charge is 0.265 e. The molecule has 27 heavy (non-hydrogen) atoms. The van der Waals surface area contributed by atoms with Gasteiger partial charge in [-0.15, -0.1) is 0 Å². The molecule has 4 rings (SSSR count). The molecule has 5 nitrogen and oxygen atoms in total. The van der Waals surface area contributed by atoms with E-state index in [-0.39, 0.29) is 18.4 Å². The van der Waals surface area contributed by atoms with Gasteiger partial charge in [0.05, 0.1) is 12.2 Å². The molecule has 140 valence electrons. The van der Waals surface area contributed by atoms with Crippen molar-refractivity contribution in [3.63, 3.8) is 0 Å². The predicted octanol–water partition coefficient (Wildman–Crippen LogP) is 3.67. The predicted molar refractivity (Wildman–Crippen MR) is 104 cm³/mol. The third-order valence-electron chi connectivity index (χ3n) is 5.31. The maximum atomic E-state index is 12.4. The summed E-state index contributed by atoms with van der Waals surface area (Å²) < 4.78 is 5.48. The molecular weight excluding hydrogens is 340 g/mol. The van der Waals surface area contributed by atoms with Crippen molar-refractivity contribution in [3.8, 4) is 5.75 Å². The Bertz CT molecular complexity index is 826. The lowest BCUT2D eigenvalue weighted by Crippen LogP contribution is -2.38. The molecule has 1 heterocycles. The van der Waals surface area contributed by atoms with Crippen molar-refractivity contribution in [2.45, 2.75) is 44.7 Å². The molecule has 1 saturated carbocycles. The van der Waals surface area contributed by atoms with Gasteiger partial charge in [0.15, 0.2) is 6.61 Å². The van der Waals surface area contributed by atoms with Crippen LogP contribution in [0.1, 0.15) is 48.0 Å². The summed E-state index contributed by atoms with van der Waals surface area (Å²) in [5.41, 5.74) is 2.43. The number of hydrogen-bond acceptors (Lipinski definition) is 3. The van der Waals surface area contributed by atoms with E-state index in [1.807, 2.05) is 48.5 Å². The van der Waals surface area contributed by atoms with Crippen LogP contribution in [-0.4, -0.2) is 24.5 Å². The number of amides is 2. The Hall–Kier alpha value is -2.82. The summed E-state index contributed by atoms with van der Waals surface area (Å²) in [5, 5.41) is 3.14. The van der Waals surface area contributed by atoms with Crippen LogP contribution in [0, 0.1) is 0 Å². The fourth-order valence-electron chi connectivity index (χ4n) is 3.79. The fraction of sp³-hybridized carbons (Fsp3) is 0.364. The highest BCUT2D eigenvalue weighted by molar-refractivity contribution is 5.98. The van der Waals surface area contributed by atoms with Gasteiger partial charge in [0.1, 0.15) is 5.75 Å². The molecule has 0 radical (unpaired) electrons. The Kier molecular flexibility index (Phi) is 5.10. The minimum absolute atomic E-state index is 0.0127. The van der Waals surface area contributed by atoms with E-state index in [1.165, 1.54) is 19.3 Å². The van der Waals surface area contributed by atoms with Crippen molar-refractivity contribution in [1.82, 2.24) is 5.32 Å². The van der Waals surface area contributed by atoms with Crippen LogP contribution < -0.4 is 15.0 Å². The van der Waals surface area contributed by atoms with Crippen LogP contribution in [-0.2, 0) is 11.3 Å². The molecule has 1 N–H and O–H groups in total. The van der Waals surface area contributed by atoms with E-state index >= 15 is 0 Å². The van der Waals surface area contributed by atoms with Crippen molar-refractivity contribution >= 4 is 17.5 Å². The molecule has 0 aromatic heterocycles. The zero-order valence-electron chi connectivity index (χ0n) is 15.3. The van der Waals surface area contributed by atoms with E-state index in [0.29, 0.717) is 18.2 Å². The largest absolute Gasteiger partial charge is 0.482 e. The van der Waals surface area contributed by atoms with Gasteiger partial charge in [-0.2, -0.15) is 0 Å². The summed E-state index contributed by atoms with van der Waals surface area (Å²) in [4.78, 5) is 26.5.